The van der Waals surface area contributed by atoms with E-state index in [1.54, 1.807) is 6.92 Å². The number of halogens is 1. The summed E-state index contributed by atoms with van der Waals surface area (Å²) in [6.07, 6.45) is 2.96. The van der Waals surface area contributed by atoms with Crippen molar-refractivity contribution in [3.8, 4) is 0 Å². The van der Waals surface area contributed by atoms with Crippen molar-refractivity contribution < 1.29 is 4.79 Å². The predicted molar refractivity (Wildman–Crippen MR) is 90.6 cm³/mol. The maximum Gasteiger partial charge on any atom is 0.149 e. The maximum absolute atomic E-state index is 12.2. The summed E-state index contributed by atoms with van der Waals surface area (Å²) in [5.74, 6) is 0.212. The van der Waals surface area contributed by atoms with Crippen LogP contribution < -0.4 is 5.32 Å². The molecule has 0 saturated carbocycles. The highest BCUT2D eigenvalue weighted by Gasteiger charge is 2.33. The van der Waals surface area contributed by atoms with Gasteiger partial charge in [-0.2, -0.15) is 0 Å². The molecule has 0 aromatic heterocycles. The molecular weight excluding hydrogens is 328 g/mol. The number of benzene rings is 1. The first-order chi connectivity index (χ1) is 9.89. The second-order valence-corrected chi connectivity index (χ2v) is 7.33. The van der Waals surface area contributed by atoms with Crippen molar-refractivity contribution in [3.63, 3.8) is 0 Å². The van der Waals surface area contributed by atoms with Crippen LogP contribution in [-0.4, -0.2) is 42.4 Å². The van der Waals surface area contributed by atoms with Gasteiger partial charge in [0, 0.05) is 10.5 Å². The van der Waals surface area contributed by atoms with Crippen LogP contribution in [0.1, 0.15) is 32.3 Å². The lowest BCUT2D eigenvalue weighted by atomic mass is 9.87. The fourth-order valence-electron chi connectivity index (χ4n) is 2.89. The van der Waals surface area contributed by atoms with Gasteiger partial charge in [0.05, 0.1) is 5.54 Å². The van der Waals surface area contributed by atoms with Gasteiger partial charge in [0.15, 0.2) is 0 Å². The molecule has 1 aromatic carbocycles. The number of likely N-dealkylation sites (tertiary alicyclic amines) is 1. The number of piperidine rings is 1. The Morgan fingerprint density at radius 1 is 1.33 bits per heavy atom. The zero-order chi connectivity index (χ0) is 15.5. The number of hydrogen-bond acceptors (Lipinski definition) is 3. The Hall–Kier alpha value is -0.710. The molecule has 4 heteroatoms. The van der Waals surface area contributed by atoms with E-state index in [0.717, 1.165) is 36.8 Å². The average molecular weight is 353 g/mol. The minimum absolute atomic E-state index is 0.212. The Morgan fingerprint density at radius 3 is 2.43 bits per heavy atom. The van der Waals surface area contributed by atoms with Gasteiger partial charge >= 0.3 is 0 Å². The summed E-state index contributed by atoms with van der Waals surface area (Å²) in [6.45, 7) is 5.93. The highest BCUT2D eigenvalue weighted by Crippen LogP contribution is 2.20. The van der Waals surface area contributed by atoms with Crippen LogP contribution in [0.5, 0.6) is 0 Å². The van der Waals surface area contributed by atoms with E-state index in [9.17, 15) is 4.79 Å². The summed E-state index contributed by atoms with van der Waals surface area (Å²) in [6, 6.07) is 8.67. The maximum atomic E-state index is 12.2. The average Bonchev–Trinajstić information content (AvgIpc) is 2.44. The number of nitrogens with one attached hydrogen (secondary N) is 1. The second kappa shape index (κ2) is 7.03. The standard InChI is InChI=1S/C17H25BrN2O/c1-13(21)17(2,12-14-4-6-15(18)7-5-14)19-16-8-10-20(3)11-9-16/h4-7,16,19H,8-12H2,1-3H3/t17-/m1/s1. The van der Waals surface area contributed by atoms with Gasteiger partial charge in [-0.15, -0.1) is 0 Å². The molecule has 1 aliphatic heterocycles. The van der Waals surface area contributed by atoms with Gasteiger partial charge in [0.25, 0.3) is 0 Å². The Morgan fingerprint density at radius 2 is 1.90 bits per heavy atom. The topological polar surface area (TPSA) is 32.3 Å². The van der Waals surface area contributed by atoms with E-state index in [0.29, 0.717) is 6.04 Å². The van der Waals surface area contributed by atoms with Gasteiger partial charge in [0.2, 0.25) is 0 Å². The molecule has 21 heavy (non-hydrogen) atoms. The van der Waals surface area contributed by atoms with Crippen LogP contribution >= 0.6 is 15.9 Å². The summed E-state index contributed by atoms with van der Waals surface area (Å²) in [4.78, 5) is 14.5. The molecule has 1 aliphatic rings. The van der Waals surface area contributed by atoms with E-state index in [1.807, 2.05) is 19.1 Å². The van der Waals surface area contributed by atoms with E-state index >= 15 is 0 Å². The molecule has 1 heterocycles. The third-order valence-electron chi connectivity index (χ3n) is 4.49. The number of nitrogens with zero attached hydrogens (tertiary/aromatic N) is 1. The van der Waals surface area contributed by atoms with E-state index < -0.39 is 5.54 Å². The molecule has 1 saturated heterocycles. The summed E-state index contributed by atoms with van der Waals surface area (Å²) < 4.78 is 1.07. The third kappa shape index (κ3) is 4.63. The highest BCUT2D eigenvalue weighted by molar-refractivity contribution is 9.10. The van der Waals surface area contributed by atoms with E-state index in [-0.39, 0.29) is 5.78 Å². The lowest BCUT2D eigenvalue weighted by Gasteiger charge is -2.37. The van der Waals surface area contributed by atoms with Crippen LogP contribution in [0.25, 0.3) is 0 Å². The van der Waals surface area contributed by atoms with Crippen molar-refractivity contribution in [1.82, 2.24) is 10.2 Å². The van der Waals surface area contributed by atoms with Crippen molar-refractivity contribution in [2.75, 3.05) is 20.1 Å². The van der Waals surface area contributed by atoms with Crippen molar-refractivity contribution >= 4 is 21.7 Å². The van der Waals surface area contributed by atoms with E-state index in [1.165, 1.54) is 5.56 Å². The number of ketones is 1. The zero-order valence-electron chi connectivity index (χ0n) is 13.2. The first-order valence-corrected chi connectivity index (χ1v) is 8.40. The highest BCUT2D eigenvalue weighted by atomic mass is 79.9. The molecule has 2 rings (SSSR count). The molecule has 1 aromatic rings. The van der Waals surface area contributed by atoms with Crippen molar-refractivity contribution in [1.29, 1.82) is 0 Å². The van der Waals surface area contributed by atoms with Gasteiger partial charge in [-0.3, -0.25) is 4.79 Å². The first-order valence-electron chi connectivity index (χ1n) is 7.61. The molecule has 1 atom stereocenters. The number of rotatable bonds is 5. The van der Waals surface area contributed by atoms with Crippen LogP contribution in [0, 0.1) is 0 Å². The zero-order valence-corrected chi connectivity index (χ0v) is 14.7. The number of hydrogen-bond donors (Lipinski definition) is 1. The smallest absolute Gasteiger partial charge is 0.149 e. The summed E-state index contributed by atoms with van der Waals surface area (Å²) in [5.41, 5.74) is 0.713. The molecule has 0 unspecified atom stereocenters. The summed E-state index contributed by atoms with van der Waals surface area (Å²) >= 11 is 3.45. The van der Waals surface area contributed by atoms with Crippen LogP contribution in [0.15, 0.2) is 28.7 Å². The first kappa shape index (κ1) is 16.7. The molecule has 0 radical (unpaired) electrons. The third-order valence-corrected chi connectivity index (χ3v) is 5.02. The molecule has 0 spiro atoms. The molecule has 3 nitrogen and oxygen atoms in total. The minimum Gasteiger partial charge on any atom is -0.306 e. The van der Waals surface area contributed by atoms with E-state index in [4.69, 9.17) is 0 Å². The number of Topliss-reactive ketones (excluding diaryl/α,β-unsaturated/α-hetero) is 1. The van der Waals surface area contributed by atoms with Gasteiger partial charge in [-0.1, -0.05) is 28.1 Å². The lowest BCUT2D eigenvalue weighted by Crippen LogP contribution is -2.56. The van der Waals surface area contributed by atoms with Crippen LogP contribution in [0.3, 0.4) is 0 Å². The van der Waals surface area contributed by atoms with Crippen molar-refractivity contribution in [2.24, 2.45) is 0 Å². The number of carbonyl (C=O) groups excluding carboxylic acids is 1. The summed E-state index contributed by atoms with van der Waals surface area (Å²) in [5, 5.41) is 3.63. The molecule has 1 fully saturated rings. The van der Waals surface area contributed by atoms with Crippen molar-refractivity contribution in [2.45, 2.75) is 44.7 Å². The fourth-order valence-corrected chi connectivity index (χ4v) is 3.16. The Balaban J connectivity index is 2.05. The molecule has 0 aliphatic carbocycles. The molecule has 0 bridgehead atoms. The minimum atomic E-state index is -0.478. The Kier molecular flexibility index (Phi) is 5.58. The van der Waals surface area contributed by atoms with Gasteiger partial charge in [0.1, 0.15) is 5.78 Å². The SMILES string of the molecule is CC(=O)[C@@](C)(Cc1ccc(Br)cc1)NC1CCN(C)CC1. The quantitative estimate of drug-likeness (QED) is 0.883. The largest absolute Gasteiger partial charge is 0.306 e. The van der Waals surface area contributed by atoms with Gasteiger partial charge in [-0.25, -0.2) is 0 Å². The van der Waals surface area contributed by atoms with Crippen LogP contribution in [-0.2, 0) is 11.2 Å². The Bertz CT molecular complexity index is 480. The number of carbonyl (C=O) groups is 1. The molecule has 1 N–H and O–H groups in total. The van der Waals surface area contributed by atoms with Crippen LogP contribution in [0.2, 0.25) is 0 Å². The lowest BCUT2D eigenvalue weighted by molar-refractivity contribution is -0.123. The van der Waals surface area contributed by atoms with Gasteiger partial charge in [-0.05, 0) is 70.9 Å². The molecular formula is C17H25BrN2O. The van der Waals surface area contributed by atoms with Crippen LogP contribution in [0.4, 0.5) is 0 Å². The summed E-state index contributed by atoms with van der Waals surface area (Å²) in [7, 11) is 2.15. The Labute approximate surface area is 136 Å². The van der Waals surface area contributed by atoms with Gasteiger partial charge < -0.3 is 10.2 Å². The van der Waals surface area contributed by atoms with Crippen molar-refractivity contribution in [3.05, 3.63) is 34.3 Å². The molecule has 0 amide bonds. The fraction of sp³-hybridized carbons (Fsp3) is 0.588. The van der Waals surface area contributed by atoms with E-state index in [2.05, 4.69) is 45.3 Å². The monoisotopic (exact) mass is 352 g/mol. The normalized spacial score (nSPS) is 20.2. The predicted octanol–water partition coefficient (Wildman–Crippen LogP) is 3.02. The molecule has 116 valence electrons. The second-order valence-electron chi connectivity index (χ2n) is 6.41.